The van der Waals surface area contributed by atoms with Crippen LogP contribution in [0.15, 0.2) is 60.8 Å². The topological polar surface area (TPSA) is 103 Å². The van der Waals surface area contributed by atoms with Crippen molar-refractivity contribution >= 4 is 29.1 Å². The number of hydrogen-bond donors (Lipinski definition) is 2. The highest BCUT2D eigenvalue weighted by Gasteiger charge is 2.28. The van der Waals surface area contributed by atoms with Gasteiger partial charge in [-0.3, -0.25) is 9.59 Å². The zero-order valence-corrected chi connectivity index (χ0v) is 19.3. The predicted molar refractivity (Wildman–Crippen MR) is 132 cm³/mol. The van der Waals surface area contributed by atoms with Crippen molar-refractivity contribution in [1.82, 2.24) is 14.8 Å². The third-order valence-corrected chi connectivity index (χ3v) is 6.38. The molecule has 2 heterocycles. The van der Waals surface area contributed by atoms with Gasteiger partial charge in [0.05, 0.1) is 16.9 Å². The van der Waals surface area contributed by atoms with Gasteiger partial charge in [-0.2, -0.15) is 5.10 Å². The summed E-state index contributed by atoms with van der Waals surface area (Å²) in [5.41, 5.74) is 12.5. The maximum atomic E-state index is 12.8. The highest BCUT2D eigenvalue weighted by Crippen LogP contribution is 2.38. The number of fused-ring (bicyclic) bond motifs is 3. The van der Waals surface area contributed by atoms with Crippen LogP contribution in [0.25, 0.3) is 16.9 Å². The van der Waals surface area contributed by atoms with Gasteiger partial charge in [-0.15, -0.1) is 0 Å². The predicted octanol–water partition coefficient (Wildman–Crippen LogP) is 4.60. The highest BCUT2D eigenvalue weighted by atomic mass is 35.5. The number of rotatable bonds is 5. The Morgan fingerprint density at radius 1 is 1.12 bits per heavy atom. The lowest BCUT2D eigenvalue weighted by Crippen LogP contribution is -2.16. The molecule has 2 aromatic carbocycles. The monoisotopic (exact) mass is 471 g/mol. The quantitative estimate of drug-likeness (QED) is 0.415. The Balaban J connectivity index is 1.60. The zero-order valence-electron chi connectivity index (χ0n) is 18.5. The van der Waals surface area contributed by atoms with E-state index in [2.05, 4.69) is 22.3 Å². The largest absolute Gasteiger partial charge is 0.364 e. The number of pyridine rings is 1. The number of benzene rings is 2. The van der Waals surface area contributed by atoms with E-state index < -0.39 is 5.91 Å². The van der Waals surface area contributed by atoms with E-state index in [0.717, 1.165) is 40.9 Å². The van der Waals surface area contributed by atoms with Crippen LogP contribution in [0.3, 0.4) is 0 Å². The van der Waals surface area contributed by atoms with E-state index in [-0.39, 0.29) is 16.8 Å². The van der Waals surface area contributed by atoms with Crippen LogP contribution in [0.1, 0.15) is 44.5 Å². The number of aryl methyl sites for hydroxylation is 2. The van der Waals surface area contributed by atoms with E-state index in [1.807, 2.05) is 42.5 Å². The van der Waals surface area contributed by atoms with Gasteiger partial charge >= 0.3 is 0 Å². The van der Waals surface area contributed by atoms with Crippen LogP contribution in [0.4, 0.5) is 5.69 Å². The molecule has 0 unspecified atom stereocenters. The van der Waals surface area contributed by atoms with Crippen LogP contribution in [-0.2, 0) is 19.3 Å². The molecular weight excluding hydrogens is 450 g/mol. The van der Waals surface area contributed by atoms with Crippen LogP contribution in [-0.4, -0.2) is 26.6 Å². The van der Waals surface area contributed by atoms with Crippen molar-refractivity contribution in [3.8, 4) is 16.9 Å². The molecule has 8 heteroatoms. The van der Waals surface area contributed by atoms with Crippen LogP contribution < -0.4 is 11.1 Å². The number of hydrogen-bond acceptors (Lipinski definition) is 4. The van der Waals surface area contributed by atoms with Crippen LogP contribution >= 0.6 is 11.6 Å². The molecule has 2 aromatic heterocycles. The molecule has 7 nitrogen and oxygen atoms in total. The second-order valence-electron chi connectivity index (χ2n) is 8.14. The Labute approximate surface area is 201 Å². The molecule has 4 aromatic rings. The van der Waals surface area contributed by atoms with Crippen molar-refractivity contribution in [3.63, 3.8) is 0 Å². The lowest BCUT2D eigenvalue weighted by Gasteiger charge is -2.20. The first kappa shape index (κ1) is 21.9. The Kier molecular flexibility index (Phi) is 5.63. The van der Waals surface area contributed by atoms with E-state index in [1.54, 1.807) is 16.8 Å². The minimum absolute atomic E-state index is 0.139. The van der Waals surface area contributed by atoms with Crippen LogP contribution in [0, 0.1) is 0 Å². The maximum absolute atomic E-state index is 12.8. The fraction of sp³-hybridized carbons (Fsp3) is 0.154. The number of nitrogens with two attached hydrogens (primary N) is 1. The van der Waals surface area contributed by atoms with Gasteiger partial charge < -0.3 is 11.1 Å². The number of primary amides is 1. The van der Waals surface area contributed by atoms with Gasteiger partial charge in [-0.1, -0.05) is 36.7 Å². The normalized spacial score (nSPS) is 12.1. The van der Waals surface area contributed by atoms with Crippen molar-refractivity contribution in [2.75, 3.05) is 5.32 Å². The third-order valence-electron chi connectivity index (χ3n) is 6.08. The van der Waals surface area contributed by atoms with Crippen LogP contribution in [0.5, 0.6) is 0 Å². The molecule has 0 saturated heterocycles. The Morgan fingerprint density at radius 3 is 2.62 bits per heavy atom. The number of aromatic nitrogens is 3. The third kappa shape index (κ3) is 3.84. The average molecular weight is 472 g/mol. The summed E-state index contributed by atoms with van der Waals surface area (Å²) in [4.78, 5) is 28.9. The number of carbonyl (C=O) groups is 2. The number of carbonyl (C=O) groups excluding carboxylic acids is 2. The smallest absolute Gasteiger partial charge is 0.269 e. The molecule has 1 aliphatic rings. The van der Waals surface area contributed by atoms with Crippen molar-refractivity contribution < 1.29 is 9.59 Å². The first-order valence-corrected chi connectivity index (χ1v) is 11.4. The van der Waals surface area contributed by atoms with Crippen molar-refractivity contribution in [3.05, 3.63) is 93.9 Å². The minimum Gasteiger partial charge on any atom is -0.364 e. The van der Waals surface area contributed by atoms with Gasteiger partial charge in [-0.05, 0) is 66.8 Å². The summed E-state index contributed by atoms with van der Waals surface area (Å²) in [6.07, 6.45) is 3.86. The minimum atomic E-state index is -0.556. The van der Waals surface area contributed by atoms with E-state index in [1.165, 1.54) is 11.8 Å². The molecule has 170 valence electrons. The fourth-order valence-electron chi connectivity index (χ4n) is 4.33. The van der Waals surface area contributed by atoms with Gasteiger partial charge in [-0.25, -0.2) is 9.67 Å². The Hall–Kier alpha value is -3.97. The average Bonchev–Trinajstić information content (AvgIpc) is 3.25. The van der Waals surface area contributed by atoms with Crippen molar-refractivity contribution in [1.29, 1.82) is 0 Å². The standard InChI is InChI=1S/C26H22ClN5O2/c1-2-15-5-10-18(11-6-15)32-23-19(22(31-32)25(28)33)12-8-16-7-9-17(14-21(16)23)30-26(34)20-4-3-13-29-24(20)27/h3-7,9-11,13-14H,2,8,12H2,1H3,(H2,28,33)(H,30,34). The van der Waals surface area contributed by atoms with Gasteiger partial charge in [0, 0.05) is 23.0 Å². The second kappa shape index (κ2) is 8.76. The van der Waals surface area contributed by atoms with Gasteiger partial charge in [0.15, 0.2) is 5.69 Å². The fourth-order valence-corrected chi connectivity index (χ4v) is 4.53. The lowest BCUT2D eigenvalue weighted by atomic mass is 9.88. The van der Waals surface area contributed by atoms with Gasteiger partial charge in [0.25, 0.3) is 11.8 Å². The molecule has 2 amide bonds. The summed E-state index contributed by atoms with van der Waals surface area (Å²) < 4.78 is 1.77. The molecule has 0 radical (unpaired) electrons. The maximum Gasteiger partial charge on any atom is 0.269 e. The second-order valence-corrected chi connectivity index (χ2v) is 8.50. The summed E-state index contributed by atoms with van der Waals surface area (Å²) >= 11 is 6.08. The molecule has 0 aliphatic heterocycles. The van der Waals surface area contributed by atoms with Gasteiger partial charge in [0.2, 0.25) is 0 Å². The summed E-state index contributed by atoms with van der Waals surface area (Å²) in [6, 6.07) is 17.1. The van der Waals surface area contributed by atoms with E-state index in [0.29, 0.717) is 17.7 Å². The van der Waals surface area contributed by atoms with Gasteiger partial charge in [0.1, 0.15) is 5.15 Å². The number of halogens is 1. The summed E-state index contributed by atoms with van der Waals surface area (Å²) in [6.45, 7) is 2.10. The van der Waals surface area contributed by atoms with E-state index >= 15 is 0 Å². The molecule has 0 saturated carbocycles. The Morgan fingerprint density at radius 2 is 1.91 bits per heavy atom. The van der Waals surface area contributed by atoms with Crippen LogP contribution in [0.2, 0.25) is 5.15 Å². The van der Waals surface area contributed by atoms with E-state index in [9.17, 15) is 9.59 Å². The molecule has 5 rings (SSSR count). The van der Waals surface area contributed by atoms with Crippen molar-refractivity contribution in [2.24, 2.45) is 5.73 Å². The molecular formula is C26H22ClN5O2. The molecule has 0 atom stereocenters. The molecule has 0 bridgehead atoms. The summed E-state index contributed by atoms with van der Waals surface area (Å²) in [5, 5.41) is 7.63. The molecule has 1 aliphatic carbocycles. The highest BCUT2D eigenvalue weighted by molar-refractivity contribution is 6.33. The number of nitrogens with zero attached hydrogens (tertiary/aromatic N) is 3. The number of nitrogens with one attached hydrogen (secondary N) is 1. The first-order valence-electron chi connectivity index (χ1n) is 11.0. The summed E-state index contributed by atoms with van der Waals surface area (Å²) in [7, 11) is 0. The molecule has 3 N–H and O–H groups in total. The summed E-state index contributed by atoms with van der Waals surface area (Å²) in [5.74, 6) is -0.908. The molecule has 0 fully saturated rings. The first-order chi connectivity index (χ1) is 16.5. The Bertz CT molecular complexity index is 1430. The van der Waals surface area contributed by atoms with Crippen molar-refractivity contribution in [2.45, 2.75) is 26.2 Å². The molecule has 34 heavy (non-hydrogen) atoms. The number of amides is 2. The number of anilines is 1. The SMILES string of the molecule is CCc1ccc(-n2nc(C(N)=O)c3c2-c2cc(NC(=O)c4cccnc4Cl)ccc2CC3)cc1. The zero-order chi connectivity index (χ0) is 23.8. The van der Waals surface area contributed by atoms with E-state index in [4.69, 9.17) is 17.3 Å². The lowest BCUT2D eigenvalue weighted by molar-refractivity contribution is 0.0992. The molecule has 0 spiro atoms.